The second-order valence-electron chi connectivity index (χ2n) is 7.42. The van der Waals surface area contributed by atoms with E-state index in [4.69, 9.17) is 4.65 Å². The Labute approximate surface area is 174 Å². The molecule has 1 aliphatic carbocycles. The van der Waals surface area contributed by atoms with E-state index in [1.807, 2.05) is 6.07 Å². The Bertz CT molecular complexity index is 1190. The summed E-state index contributed by atoms with van der Waals surface area (Å²) in [5.74, 6) is -0.0159. The summed E-state index contributed by atoms with van der Waals surface area (Å²) < 4.78 is 46.2. The fraction of sp³-hybridized carbons (Fsp3) is 0.250. The first-order valence-electron chi connectivity index (χ1n) is 9.52. The minimum absolute atomic E-state index is 0.0296. The van der Waals surface area contributed by atoms with Crippen LogP contribution in [0, 0.1) is 11.7 Å². The molecule has 4 rings (SSSR count). The van der Waals surface area contributed by atoms with Crippen molar-refractivity contribution in [1.82, 2.24) is 14.7 Å². The molecular weight excluding hydrogens is 408 g/mol. The van der Waals surface area contributed by atoms with Crippen molar-refractivity contribution in [2.24, 2.45) is 5.92 Å². The number of halogens is 1. The molecule has 7 nitrogen and oxygen atoms in total. The first-order chi connectivity index (χ1) is 14.2. The first-order valence-corrected chi connectivity index (χ1v) is 11.0. The molecule has 156 valence electrons. The van der Waals surface area contributed by atoms with Crippen LogP contribution in [0.25, 0.3) is 16.6 Å². The second kappa shape index (κ2) is 7.86. The van der Waals surface area contributed by atoms with E-state index in [9.17, 15) is 17.8 Å². The number of hydrogen-bond acceptors (Lipinski definition) is 5. The molecule has 1 aromatic carbocycles. The van der Waals surface area contributed by atoms with E-state index in [1.165, 1.54) is 19.0 Å². The van der Waals surface area contributed by atoms with Crippen LogP contribution in [0.15, 0.2) is 54.2 Å². The molecule has 10 heteroatoms. The maximum Gasteiger partial charge on any atom is 0.519 e. The lowest BCUT2D eigenvalue weighted by Gasteiger charge is -2.37. The van der Waals surface area contributed by atoms with Crippen molar-refractivity contribution in [1.29, 1.82) is 0 Å². The number of sulfonamides is 1. The van der Waals surface area contributed by atoms with Crippen LogP contribution >= 0.6 is 0 Å². The van der Waals surface area contributed by atoms with Gasteiger partial charge in [-0.1, -0.05) is 6.58 Å². The molecule has 0 saturated heterocycles. The van der Waals surface area contributed by atoms with Gasteiger partial charge in [0, 0.05) is 23.2 Å². The summed E-state index contributed by atoms with van der Waals surface area (Å²) in [5.41, 5.74) is 2.24. The Morgan fingerprint density at radius 2 is 2.03 bits per heavy atom. The van der Waals surface area contributed by atoms with Gasteiger partial charge in [-0.2, -0.15) is 0 Å². The van der Waals surface area contributed by atoms with Gasteiger partial charge >= 0.3 is 7.12 Å². The van der Waals surface area contributed by atoms with E-state index in [1.54, 1.807) is 12.4 Å². The highest BCUT2D eigenvalue weighted by Gasteiger charge is 2.36. The third kappa shape index (κ3) is 3.98. The fourth-order valence-corrected chi connectivity index (χ4v) is 4.96. The Morgan fingerprint density at radius 1 is 1.33 bits per heavy atom. The van der Waals surface area contributed by atoms with Crippen LogP contribution < -0.4 is 9.38 Å². The number of benzene rings is 1. The SMILES string of the molecule is C=C(c1c(OB(C)O)cnc2[nH]ccc12)[C@H]1C[C@@H](NS(=O)(=O)c2ccc(F)cc2)C1. The van der Waals surface area contributed by atoms with Gasteiger partial charge in [-0.15, -0.1) is 0 Å². The van der Waals surface area contributed by atoms with E-state index in [-0.39, 0.29) is 16.9 Å². The zero-order valence-electron chi connectivity index (χ0n) is 16.3. The molecule has 0 unspecified atom stereocenters. The Hall–Kier alpha value is -2.69. The molecule has 1 saturated carbocycles. The Balaban J connectivity index is 1.49. The number of aromatic nitrogens is 2. The average Bonchev–Trinajstić information content (AvgIpc) is 3.12. The van der Waals surface area contributed by atoms with Crippen molar-refractivity contribution < 1.29 is 22.5 Å². The third-order valence-electron chi connectivity index (χ3n) is 5.25. The summed E-state index contributed by atoms with van der Waals surface area (Å²) in [5, 5.41) is 10.5. The monoisotopic (exact) mass is 429 g/mol. The lowest BCUT2D eigenvalue weighted by Crippen LogP contribution is -2.44. The van der Waals surface area contributed by atoms with Gasteiger partial charge < -0.3 is 14.7 Å². The van der Waals surface area contributed by atoms with E-state index in [2.05, 4.69) is 21.3 Å². The Morgan fingerprint density at radius 3 is 2.70 bits per heavy atom. The van der Waals surface area contributed by atoms with E-state index < -0.39 is 23.0 Å². The molecule has 2 heterocycles. The van der Waals surface area contributed by atoms with Crippen LogP contribution in [0.1, 0.15) is 18.4 Å². The number of rotatable bonds is 7. The maximum absolute atomic E-state index is 13.1. The van der Waals surface area contributed by atoms with Gasteiger partial charge in [-0.25, -0.2) is 22.5 Å². The number of nitrogens with zero attached hydrogens (tertiary/aromatic N) is 1. The van der Waals surface area contributed by atoms with Crippen LogP contribution in [0.4, 0.5) is 4.39 Å². The van der Waals surface area contributed by atoms with Crippen molar-refractivity contribution in [2.75, 3.05) is 0 Å². The van der Waals surface area contributed by atoms with Gasteiger partial charge in [0.25, 0.3) is 0 Å². The lowest BCUT2D eigenvalue weighted by atomic mass is 9.74. The summed E-state index contributed by atoms with van der Waals surface area (Å²) in [7, 11) is -4.73. The van der Waals surface area contributed by atoms with Crippen LogP contribution in [-0.4, -0.2) is 36.6 Å². The summed E-state index contributed by atoms with van der Waals surface area (Å²) in [6.07, 6.45) is 4.45. The predicted octanol–water partition coefficient (Wildman–Crippen LogP) is 2.96. The number of nitrogens with one attached hydrogen (secondary N) is 2. The van der Waals surface area contributed by atoms with Crippen molar-refractivity contribution in [3.8, 4) is 5.75 Å². The van der Waals surface area contributed by atoms with Crippen molar-refractivity contribution in [3.63, 3.8) is 0 Å². The fourth-order valence-electron chi connectivity index (χ4n) is 3.70. The number of allylic oxidation sites excluding steroid dienone is 1. The smallest absolute Gasteiger partial charge is 0.519 e. The Kier molecular flexibility index (Phi) is 5.39. The minimum Gasteiger partial charge on any atom is -0.535 e. The highest BCUT2D eigenvalue weighted by molar-refractivity contribution is 7.89. The summed E-state index contributed by atoms with van der Waals surface area (Å²) in [6.45, 7) is 5.73. The van der Waals surface area contributed by atoms with Gasteiger partial charge in [0.1, 0.15) is 17.2 Å². The topological polar surface area (TPSA) is 104 Å². The molecule has 0 amide bonds. The predicted molar refractivity (Wildman–Crippen MR) is 113 cm³/mol. The van der Waals surface area contributed by atoms with Crippen LogP contribution in [0.5, 0.6) is 5.75 Å². The molecule has 0 radical (unpaired) electrons. The maximum atomic E-state index is 13.1. The highest BCUT2D eigenvalue weighted by Crippen LogP contribution is 2.43. The standard InChI is InChI=1S/C20H21BFN3O4S/c1-12(19-17-7-8-23-20(17)24-11-18(19)29-21(2)26)13-9-15(10-13)25-30(27,28)16-5-3-14(22)4-6-16/h3-8,11,13,15,25-26H,1,9-10H2,2H3,(H,23,24)/t13-,15+. The molecule has 0 aliphatic heterocycles. The zero-order valence-corrected chi connectivity index (χ0v) is 17.1. The van der Waals surface area contributed by atoms with Gasteiger partial charge in [0.15, 0.2) is 0 Å². The van der Waals surface area contributed by atoms with Crippen molar-refractivity contribution >= 4 is 33.7 Å². The van der Waals surface area contributed by atoms with Crippen molar-refractivity contribution in [3.05, 3.63) is 60.7 Å². The molecule has 3 N–H and O–H groups in total. The quantitative estimate of drug-likeness (QED) is 0.501. The largest absolute Gasteiger partial charge is 0.535 e. The van der Waals surface area contributed by atoms with E-state index >= 15 is 0 Å². The first kappa shape index (κ1) is 20.6. The van der Waals surface area contributed by atoms with Crippen LogP contribution in [-0.2, 0) is 10.0 Å². The molecule has 0 atom stereocenters. The number of H-pyrrole nitrogens is 1. The summed E-state index contributed by atoms with van der Waals surface area (Å²) in [6, 6.07) is 6.35. The number of fused-ring (bicyclic) bond motifs is 1. The van der Waals surface area contributed by atoms with Gasteiger partial charge in [0.2, 0.25) is 10.0 Å². The van der Waals surface area contributed by atoms with E-state index in [0.717, 1.165) is 28.7 Å². The van der Waals surface area contributed by atoms with Crippen LogP contribution in [0.3, 0.4) is 0 Å². The summed E-state index contributed by atoms with van der Waals surface area (Å²) >= 11 is 0. The molecular formula is C20H21BFN3O4S. The molecule has 0 bridgehead atoms. The lowest BCUT2D eigenvalue weighted by molar-refractivity contribution is 0.310. The van der Waals surface area contributed by atoms with E-state index in [0.29, 0.717) is 24.2 Å². The molecule has 1 aliphatic rings. The third-order valence-corrected chi connectivity index (χ3v) is 6.78. The molecule has 2 aromatic heterocycles. The molecule has 0 spiro atoms. The zero-order chi connectivity index (χ0) is 21.5. The average molecular weight is 429 g/mol. The number of aromatic amines is 1. The number of pyridine rings is 1. The normalized spacial score (nSPS) is 18.8. The van der Waals surface area contributed by atoms with Crippen molar-refractivity contribution in [2.45, 2.75) is 30.6 Å². The summed E-state index contributed by atoms with van der Waals surface area (Å²) in [4.78, 5) is 7.37. The van der Waals surface area contributed by atoms with Crippen LogP contribution in [0.2, 0.25) is 6.82 Å². The molecule has 30 heavy (non-hydrogen) atoms. The van der Waals surface area contributed by atoms with Gasteiger partial charge in [0.05, 0.1) is 11.1 Å². The van der Waals surface area contributed by atoms with Gasteiger partial charge in [-0.3, -0.25) is 0 Å². The molecule has 1 fully saturated rings. The minimum atomic E-state index is -3.72. The number of hydrogen-bond donors (Lipinski definition) is 3. The van der Waals surface area contributed by atoms with Gasteiger partial charge in [-0.05, 0) is 61.5 Å². The molecule has 3 aromatic rings. The highest BCUT2D eigenvalue weighted by atomic mass is 32.2. The second-order valence-corrected chi connectivity index (χ2v) is 9.13.